The van der Waals surface area contributed by atoms with Gasteiger partial charge >= 0.3 is 0 Å². The molecule has 0 spiro atoms. The van der Waals surface area contributed by atoms with Gasteiger partial charge in [-0.3, -0.25) is 0 Å². The summed E-state index contributed by atoms with van der Waals surface area (Å²) in [5.41, 5.74) is 10.4. The first-order chi connectivity index (χ1) is 24.8. The summed E-state index contributed by atoms with van der Waals surface area (Å²) < 4.78 is 12.7. The van der Waals surface area contributed by atoms with Crippen LogP contribution in [0.25, 0.3) is 100 Å². The zero-order valence-electron chi connectivity index (χ0n) is 26.7. The molecular weight excluding hydrogens is 615 g/mol. The Labute approximate surface area is 287 Å². The Morgan fingerprint density at radius 3 is 1.62 bits per heavy atom. The quantitative estimate of drug-likeness (QED) is 0.187. The summed E-state index contributed by atoms with van der Waals surface area (Å²) in [6.45, 7) is 0. The molecule has 7 aromatic carbocycles. The highest BCUT2D eigenvalue weighted by molar-refractivity contribution is 6.16. The normalized spacial score (nSPS) is 11.6. The molecule has 50 heavy (non-hydrogen) atoms. The highest BCUT2D eigenvalue weighted by Crippen LogP contribution is 2.41. The van der Waals surface area contributed by atoms with Gasteiger partial charge in [0.05, 0.1) is 0 Å². The number of aromatic nitrogens is 3. The first kappa shape index (κ1) is 28.2. The SMILES string of the molecule is c1ccc(-c2cccc(-c3nc(-c4ccccc4)nc(-c4cccc5oc6ccc(-c7cccc8oc9ccccc9c78)cc6c45)n3)c2)cc1. The van der Waals surface area contributed by atoms with Gasteiger partial charge in [-0.2, -0.15) is 0 Å². The molecule has 5 heteroatoms. The Bertz CT molecular complexity index is 2870. The topological polar surface area (TPSA) is 65.0 Å². The van der Waals surface area contributed by atoms with E-state index >= 15 is 0 Å². The Morgan fingerprint density at radius 1 is 0.300 bits per heavy atom. The summed E-state index contributed by atoms with van der Waals surface area (Å²) >= 11 is 0. The fourth-order valence-corrected chi connectivity index (χ4v) is 7.01. The van der Waals surface area contributed by atoms with Crippen LogP contribution < -0.4 is 0 Å². The molecule has 0 N–H and O–H groups in total. The fraction of sp³-hybridized carbons (Fsp3) is 0. The number of hydrogen-bond donors (Lipinski definition) is 0. The maximum absolute atomic E-state index is 6.45. The third kappa shape index (κ3) is 4.67. The first-order valence-electron chi connectivity index (χ1n) is 16.6. The standard InChI is InChI=1S/C45H27N3O2/c1-3-12-28(13-4-1)30-16-9-17-32(26-30)44-46-43(29-14-5-2-6-15-29)47-45(48-44)35-20-11-23-40-42(35)36-27-31(24-25-38(36)50-40)33-19-10-22-39-41(33)34-18-7-8-21-37(34)49-39/h1-27H. The van der Waals surface area contributed by atoms with E-state index in [4.69, 9.17) is 23.8 Å². The van der Waals surface area contributed by atoms with Crippen molar-refractivity contribution < 1.29 is 8.83 Å². The number of benzene rings is 7. The van der Waals surface area contributed by atoms with Crippen LogP contribution in [0.15, 0.2) is 173 Å². The van der Waals surface area contributed by atoms with Crippen LogP contribution in [0.3, 0.4) is 0 Å². The third-order valence-electron chi connectivity index (χ3n) is 9.34. The van der Waals surface area contributed by atoms with Gasteiger partial charge in [0.1, 0.15) is 22.3 Å². The highest BCUT2D eigenvalue weighted by Gasteiger charge is 2.19. The van der Waals surface area contributed by atoms with Crippen molar-refractivity contribution in [2.24, 2.45) is 0 Å². The molecule has 3 heterocycles. The molecule has 0 bridgehead atoms. The van der Waals surface area contributed by atoms with Gasteiger partial charge in [-0.25, -0.2) is 15.0 Å². The smallest absolute Gasteiger partial charge is 0.164 e. The van der Waals surface area contributed by atoms with Crippen LogP contribution in [0.1, 0.15) is 0 Å². The van der Waals surface area contributed by atoms with Crippen molar-refractivity contribution in [3.05, 3.63) is 164 Å². The van der Waals surface area contributed by atoms with E-state index in [1.807, 2.05) is 72.8 Å². The van der Waals surface area contributed by atoms with Gasteiger partial charge in [0.25, 0.3) is 0 Å². The maximum Gasteiger partial charge on any atom is 0.164 e. The maximum atomic E-state index is 6.45. The van der Waals surface area contributed by atoms with Crippen LogP contribution in [0.5, 0.6) is 0 Å². The van der Waals surface area contributed by atoms with Crippen molar-refractivity contribution in [2.75, 3.05) is 0 Å². The number of rotatable bonds is 5. The van der Waals surface area contributed by atoms with Gasteiger partial charge < -0.3 is 8.83 Å². The summed E-state index contributed by atoms with van der Waals surface area (Å²) in [5.74, 6) is 1.80. The Hall–Kier alpha value is -6.85. The predicted molar refractivity (Wildman–Crippen MR) is 202 cm³/mol. The minimum absolute atomic E-state index is 0.584. The Morgan fingerprint density at radius 2 is 0.840 bits per heavy atom. The Kier molecular flexibility index (Phi) is 6.42. The van der Waals surface area contributed by atoms with E-state index < -0.39 is 0 Å². The van der Waals surface area contributed by atoms with Gasteiger partial charge in [-0.15, -0.1) is 0 Å². The van der Waals surface area contributed by atoms with Gasteiger partial charge in [0, 0.05) is 38.2 Å². The molecule has 0 fully saturated rings. The Balaban J connectivity index is 1.19. The van der Waals surface area contributed by atoms with E-state index in [9.17, 15) is 0 Å². The van der Waals surface area contributed by atoms with Gasteiger partial charge in [-0.05, 0) is 58.7 Å². The molecule has 0 radical (unpaired) electrons. The zero-order valence-corrected chi connectivity index (χ0v) is 26.7. The molecule has 10 rings (SSSR count). The summed E-state index contributed by atoms with van der Waals surface area (Å²) in [7, 11) is 0. The van der Waals surface area contributed by atoms with E-state index in [0.29, 0.717) is 17.5 Å². The number of nitrogens with zero attached hydrogens (tertiary/aromatic N) is 3. The number of fused-ring (bicyclic) bond motifs is 6. The number of hydrogen-bond acceptors (Lipinski definition) is 5. The van der Waals surface area contributed by atoms with E-state index in [0.717, 1.165) is 82.8 Å². The first-order valence-corrected chi connectivity index (χ1v) is 16.6. The lowest BCUT2D eigenvalue weighted by Gasteiger charge is -2.10. The minimum Gasteiger partial charge on any atom is -0.456 e. The average molecular weight is 642 g/mol. The van der Waals surface area contributed by atoms with Crippen LogP contribution >= 0.6 is 0 Å². The molecule has 234 valence electrons. The van der Waals surface area contributed by atoms with Crippen molar-refractivity contribution >= 4 is 43.9 Å². The largest absolute Gasteiger partial charge is 0.456 e. The van der Waals surface area contributed by atoms with E-state index in [-0.39, 0.29) is 0 Å². The lowest BCUT2D eigenvalue weighted by Crippen LogP contribution is -2.00. The summed E-state index contributed by atoms with van der Waals surface area (Å²) in [6, 6.07) is 55.7. The van der Waals surface area contributed by atoms with Crippen molar-refractivity contribution in [2.45, 2.75) is 0 Å². The molecule has 0 aliphatic heterocycles. The van der Waals surface area contributed by atoms with Gasteiger partial charge in [0.15, 0.2) is 17.5 Å². The zero-order chi connectivity index (χ0) is 33.0. The van der Waals surface area contributed by atoms with Crippen LogP contribution in [-0.2, 0) is 0 Å². The number of para-hydroxylation sites is 1. The van der Waals surface area contributed by atoms with Gasteiger partial charge in [-0.1, -0.05) is 127 Å². The summed E-state index contributed by atoms with van der Waals surface area (Å²) in [5, 5.41) is 4.15. The van der Waals surface area contributed by atoms with Crippen LogP contribution in [0.2, 0.25) is 0 Å². The van der Waals surface area contributed by atoms with Crippen LogP contribution in [0, 0.1) is 0 Å². The van der Waals surface area contributed by atoms with Crippen molar-refractivity contribution in [1.82, 2.24) is 15.0 Å². The summed E-state index contributed by atoms with van der Waals surface area (Å²) in [4.78, 5) is 15.2. The minimum atomic E-state index is 0.584. The van der Waals surface area contributed by atoms with Crippen LogP contribution in [-0.4, -0.2) is 15.0 Å². The molecule has 0 amide bonds. The molecule has 10 aromatic rings. The van der Waals surface area contributed by atoms with Crippen LogP contribution in [0.4, 0.5) is 0 Å². The van der Waals surface area contributed by atoms with Gasteiger partial charge in [0.2, 0.25) is 0 Å². The highest BCUT2D eigenvalue weighted by atomic mass is 16.3. The lowest BCUT2D eigenvalue weighted by molar-refractivity contribution is 0.669. The third-order valence-corrected chi connectivity index (χ3v) is 9.34. The second kappa shape index (κ2) is 11.4. The molecule has 0 unspecified atom stereocenters. The monoisotopic (exact) mass is 641 g/mol. The molecule has 0 saturated heterocycles. The fourth-order valence-electron chi connectivity index (χ4n) is 7.01. The van der Waals surface area contributed by atoms with E-state index in [2.05, 4.69) is 91.0 Å². The van der Waals surface area contributed by atoms with E-state index in [1.165, 1.54) is 0 Å². The molecule has 0 aliphatic carbocycles. The van der Waals surface area contributed by atoms with Crippen molar-refractivity contribution in [1.29, 1.82) is 0 Å². The van der Waals surface area contributed by atoms with E-state index in [1.54, 1.807) is 0 Å². The molecule has 0 atom stereocenters. The van der Waals surface area contributed by atoms with Crippen molar-refractivity contribution in [3.63, 3.8) is 0 Å². The molecule has 3 aromatic heterocycles. The lowest BCUT2D eigenvalue weighted by atomic mass is 9.97. The second-order valence-corrected chi connectivity index (χ2v) is 12.4. The molecule has 0 saturated carbocycles. The molecular formula is C45H27N3O2. The van der Waals surface area contributed by atoms with Crippen molar-refractivity contribution in [3.8, 4) is 56.4 Å². The summed E-state index contributed by atoms with van der Waals surface area (Å²) in [6.07, 6.45) is 0. The second-order valence-electron chi connectivity index (χ2n) is 12.4. The molecule has 5 nitrogen and oxygen atoms in total. The number of furan rings is 2. The molecule has 0 aliphatic rings. The average Bonchev–Trinajstić information content (AvgIpc) is 3.77. The predicted octanol–water partition coefficient (Wildman–Crippen LogP) is 12.0.